The van der Waals surface area contributed by atoms with Gasteiger partial charge in [0, 0.05) is 18.8 Å². The minimum atomic E-state index is -0.135. The van der Waals surface area contributed by atoms with Crippen molar-refractivity contribution in [3.63, 3.8) is 0 Å². The number of carbonyl (C=O) groups excluding carboxylic acids is 1. The zero-order valence-electron chi connectivity index (χ0n) is 19.5. The lowest BCUT2D eigenvalue weighted by atomic mass is 10.1. The molecule has 32 heavy (non-hydrogen) atoms. The molecule has 170 valence electrons. The van der Waals surface area contributed by atoms with Gasteiger partial charge in [-0.1, -0.05) is 36.4 Å². The molecule has 3 rings (SSSR count). The van der Waals surface area contributed by atoms with E-state index < -0.39 is 0 Å². The lowest BCUT2D eigenvalue weighted by molar-refractivity contribution is 0.0949. The maximum atomic E-state index is 12.9. The molecule has 7 heteroatoms. The molecule has 0 spiro atoms. The molecule has 0 saturated carbocycles. The second-order valence-corrected chi connectivity index (χ2v) is 8.01. The smallest absolute Gasteiger partial charge is 0.255 e. The van der Waals surface area contributed by atoms with Crippen LogP contribution in [0, 0.1) is 13.8 Å². The van der Waals surface area contributed by atoms with E-state index in [1.165, 1.54) is 0 Å². The van der Waals surface area contributed by atoms with Crippen LogP contribution in [0.3, 0.4) is 0 Å². The Balaban J connectivity index is 1.65. The normalized spacial score (nSPS) is 10.9. The first-order valence-electron chi connectivity index (χ1n) is 10.7. The van der Waals surface area contributed by atoms with Crippen molar-refractivity contribution in [1.82, 2.24) is 20.0 Å². The number of methoxy groups -OCH3 is 1. The number of carbonyl (C=O) groups is 1. The Hall–Kier alpha value is -3.32. The Morgan fingerprint density at radius 3 is 2.50 bits per heavy atom. The predicted molar refractivity (Wildman–Crippen MR) is 125 cm³/mol. The van der Waals surface area contributed by atoms with Crippen LogP contribution in [-0.4, -0.2) is 54.9 Å². The first-order chi connectivity index (χ1) is 15.4. The fraction of sp³-hybridized carbons (Fsp3) is 0.360. The number of benzene rings is 2. The molecular weight excluding hydrogens is 404 g/mol. The van der Waals surface area contributed by atoms with Crippen molar-refractivity contribution >= 4 is 5.91 Å². The molecule has 1 N–H and O–H groups in total. The van der Waals surface area contributed by atoms with E-state index in [-0.39, 0.29) is 5.91 Å². The van der Waals surface area contributed by atoms with Crippen LogP contribution in [0.25, 0.3) is 0 Å². The van der Waals surface area contributed by atoms with E-state index in [1.807, 2.05) is 69.0 Å². The maximum absolute atomic E-state index is 12.9. The van der Waals surface area contributed by atoms with Gasteiger partial charge in [-0.3, -0.25) is 9.48 Å². The number of aromatic nitrogens is 2. The van der Waals surface area contributed by atoms with Crippen LogP contribution in [0.15, 0.2) is 48.5 Å². The molecule has 0 unspecified atom stereocenters. The second kappa shape index (κ2) is 10.8. The van der Waals surface area contributed by atoms with Crippen LogP contribution in [0.2, 0.25) is 0 Å². The van der Waals surface area contributed by atoms with Crippen LogP contribution < -0.4 is 14.8 Å². The monoisotopic (exact) mass is 436 g/mol. The quantitative estimate of drug-likeness (QED) is 0.527. The van der Waals surface area contributed by atoms with Crippen molar-refractivity contribution in [3.05, 3.63) is 76.6 Å². The zero-order valence-corrected chi connectivity index (χ0v) is 19.5. The number of likely N-dealkylation sites (N-methyl/N-ethyl adjacent to an activating group) is 1. The van der Waals surface area contributed by atoms with Crippen molar-refractivity contribution in [2.24, 2.45) is 0 Å². The summed E-state index contributed by atoms with van der Waals surface area (Å²) in [6.45, 7) is 6.21. The molecule has 0 aliphatic rings. The average molecular weight is 437 g/mol. The van der Waals surface area contributed by atoms with Crippen molar-refractivity contribution in [2.75, 3.05) is 34.4 Å². The maximum Gasteiger partial charge on any atom is 0.255 e. The van der Waals surface area contributed by atoms with Crippen molar-refractivity contribution in [3.8, 4) is 11.5 Å². The summed E-state index contributed by atoms with van der Waals surface area (Å²) in [5.41, 5.74) is 4.27. The Morgan fingerprint density at radius 1 is 1.06 bits per heavy atom. The molecular formula is C25H32N4O3. The highest BCUT2D eigenvalue weighted by Crippen LogP contribution is 2.28. The number of amides is 1. The Labute approximate surface area is 190 Å². The number of aryl methyl sites for hydroxylation is 1. The highest BCUT2D eigenvalue weighted by atomic mass is 16.5. The zero-order chi connectivity index (χ0) is 23.1. The van der Waals surface area contributed by atoms with Gasteiger partial charge in [-0.25, -0.2) is 0 Å². The lowest BCUT2D eigenvalue weighted by Gasteiger charge is -2.14. The first kappa shape index (κ1) is 23.3. The highest BCUT2D eigenvalue weighted by Gasteiger charge is 2.19. The van der Waals surface area contributed by atoms with Gasteiger partial charge < -0.3 is 19.7 Å². The molecule has 0 aliphatic heterocycles. The molecule has 0 bridgehead atoms. The van der Waals surface area contributed by atoms with Gasteiger partial charge in [-0.15, -0.1) is 0 Å². The summed E-state index contributed by atoms with van der Waals surface area (Å²) < 4.78 is 13.2. The third-order valence-electron chi connectivity index (χ3n) is 5.26. The van der Waals surface area contributed by atoms with Crippen LogP contribution in [0.4, 0.5) is 0 Å². The van der Waals surface area contributed by atoms with Gasteiger partial charge in [-0.2, -0.15) is 5.10 Å². The van der Waals surface area contributed by atoms with Crippen molar-refractivity contribution < 1.29 is 14.3 Å². The van der Waals surface area contributed by atoms with Crippen molar-refractivity contribution in [1.29, 1.82) is 0 Å². The summed E-state index contributed by atoms with van der Waals surface area (Å²) in [5, 5.41) is 7.58. The largest absolute Gasteiger partial charge is 0.493 e. The van der Waals surface area contributed by atoms with Gasteiger partial charge in [0.1, 0.15) is 6.61 Å². The van der Waals surface area contributed by atoms with Gasteiger partial charge in [0.15, 0.2) is 11.5 Å². The number of nitrogens with zero attached hydrogens (tertiary/aromatic N) is 3. The topological polar surface area (TPSA) is 68.6 Å². The fourth-order valence-corrected chi connectivity index (χ4v) is 3.49. The van der Waals surface area contributed by atoms with E-state index in [0.717, 1.165) is 29.1 Å². The van der Waals surface area contributed by atoms with Gasteiger partial charge in [0.25, 0.3) is 5.91 Å². The first-order valence-corrected chi connectivity index (χ1v) is 10.7. The number of hydrogen-bond acceptors (Lipinski definition) is 5. The van der Waals surface area contributed by atoms with Crippen LogP contribution in [0.1, 0.15) is 32.9 Å². The molecule has 0 radical (unpaired) electrons. The molecule has 2 aromatic carbocycles. The third kappa shape index (κ3) is 5.88. The van der Waals surface area contributed by atoms with Gasteiger partial charge >= 0.3 is 0 Å². The molecule has 0 atom stereocenters. The van der Waals surface area contributed by atoms with E-state index in [4.69, 9.17) is 9.47 Å². The lowest BCUT2D eigenvalue weighted by Crippen LogP contribution is -2.24. The van der Waals surface area contributed by atoms with Crippen LogP contribution in [-0.2, 0) is 13.1 Å². The Morgan fingerprint density at radius 2 is 1.81 bits per heavy atom. The summed E-state index contributed by atoms with van der Waals surface area (Å²) in [6.07, 6.45) is 0. The summed E-state index contributed by atoms with van der Waals surface area (Å²) in [6, 6.07) is 15.8. The van der Waals surface area contributed by atoms with E-state index >= 15 is 0 Å². The Kier molecular flexibility index (Phi) is 7.89. The van der Waals surface area contributed by atoms with E-state index in [0.29, 0.717) is 36.8 Å². The molecule has 1 aromatic heterocycles. The van der Waals surface area contributed by atoms with E-state index in [2.05, 4.69) is 27.4 Å². The minimum Gasteiger partial charge on any atom is -0.493 e. The minimum absolute atomic E-state index is 0.135. The summed E-state index contributed by atoms with van der Waals surface area (Å²) in [4.78, 5) is 15.0. The van der Waals surface area contributed by atoms with Gasteiger partial charge in [0.05, 0.1) is 24.9 Å². The molecule has 0 aliphatic carbocycles. The average Bonchev–Trinajstić information content (AvgIpc) is 3.05. The number of rotatable bonds is 10. The highest BCUT2D eigenvalue weighted by molar-refractivity contribution is 5.96. The molecule has 0 fully saturated rings. The van der Waals surface area contributed by atoms with Gasteiger partial charge in [0.2, 0.25) is 0 Å². The van der Waals surface area contributed by atoms with E-state index in [9.17, 15) is 4.79 Å². The molecule has 0 saturated heterocycles. The number of hydrogen-bond donors (Lipinski definition) is 1. The SMILES string of the molecule is COc1cc(CNC(=O)c2c(C)nn(Cc3ccccc3)c2C)ccc1OCCN(C)C. The summed E-state index contributed by atoms with van der Waals surface area (Å²) >= 11 is 0. The van der Waals surface area contributed by atoms with Crippen molar-refractivity contribution in [2.45, 2.75) is 26.9 Å². The standard InChI is InChI=1S/C25H32N4O3/c1-18-24(19(2)29(27-18)17-20-9-7-6-8-10-20)25(30)26-16-21-11-12-22(23(15-21)31-5)32-14-13-28(3)4/h6-12,15H,13-14,16-17H2,1-5H3,(H,26,30). The number of ether oxygens (including phenoxy) is 2. The van der Waals surface area contributed by atoms with Crippen LogP contribution in [0.5, 0.6) is 11.5 Å². The molecule has 7 nitrogen and oxygen atoms in total. The molecule has 1 amide bonds. The second-order valence-electron chi connectivity index (χ2n) is 8.01. The fourth-order valence-electron chi connectivity index (χ4n) is 3.49. The third-order valence-corrected chi connectivity index (χ3v) is 5.26. The van der Waals surface area contributed by atoms with Gasteiger partial charge in [-0.05, 0) is 51.2 Å². The van der Waals surface area contributed by atoms with E-state index in [1.54, 1.807) is 7.11 Å². The Bertz CT molecular complexity index is 1040. The molecule has 3 aromatic rings. The summed E-state index contributed by atoms with van der Waals surface area (Å²) in [7, 11) is 5.62. The molecule has 1 heterocycles. The predicted octanol–water partition coefficient (Wildman–Crippen LogP) is 3.43. The number of nitrogens with one attached hydrogen (secondary N) is 1. The summed E-state index contributed by atoms with van der Waals surface area (Å²) in [5.74, 6) is 1.21. The van der Waals surface area contributed by atoms with Crippen LogP contribution >= 0.6 is 0 Å².